The third kappa shape index (κ3) is 3.22. The lowest BCUT2D eigenvalue weighted by molar-refractivity contribution is 0.474. The normalized spacial score (nSPS) is 10.9. The Kier molecular flexibility index (Phi) is 3.61. The van der Waals surface area contributed by atoms with Gasteiger partial charge in [0.2, 0.25) is 0 Å². The number of aryl methyl sites for hydroxylation is 1. The maximum atomic E-state index is 9.68. The van der Waals surface area contributed by atoms with Crippen LogP contribution < -0.4 is 0 Å². The summed E-state index contributed by atoms with van der Waals surface area (Å²) in [7, 11) is 0. The van der Waals surface area contributed by atoms with Gasteiger partial charge in [-0.15, -0.1) is 0 Å². The molecule has 0 atom stereocenters. The second-order valence-electron chi connectivity index (χ2n) is 4.15. The van der Waals surface area contributed by atoms with Crippen molar-refractivity contribution in [3.8, 4) is 5.75 Å². The van der Waals surface area contributed by atoms with E-state index in [9.17, 15) is 5.11 Å². The fraction of sp³-hybridized carbons (Fsp3) is 0.125. The standard InChI is InChI=1S/C16H16O/c1-13-10-11-16(17)15(12-13)9-5-8-14-6-3-2-4-7-14/h2-7,9-12,17H,8H2,1H3. The van der Waals surface area contributed by atoms with Crippen molar-refractivity contribution >= 4 is 6.08 Å². The predicted octanol–water partition coefficient (Wildman–Crippen LogP) is 3.96. The number of benzene rings is 2. The fourth-order valence-electron chi connectivity index (χ4n) is 1.74. The largest absolute Gasteiger partial charge is 0.507 e. The Morgan fingerprint density at radius 1 is 1.06 bits per heavy atom. The summed E-state index contributed by atoms with van der Waals surface area (Å²) in [6.07, 6.45) is 4.92. The van der Waals surface area contributed by atoms with Crippen LogP contribution in [0.3, 0.4) is 0 Å². The van der Waals surface area contributed by atoms with Gasteiger partial charge in [-0.05, 0) is 31.0 Å². The summed E-state index contributed by atoms with van der Waals surface area (Å²) in [4.78, 5) is 0. The zero-order valence-corrected chi connectivity index (χ0v) is 9.93. The average molecular weight is 224 g/mol. The summed E-state index contributed by atoms with van der Waals surface area (Å²) in [5.74, 6) is 0.333. The second kappa shape index (κ2) is 5.35. The maximum absolute atomic E-state index is 9.68. The van der Waals surface area contributed by atoms with E-state index in [0.29, 0.717) is 5.75 Å². The number of hydrogen-bond acceptors (Lipinski definition) is 1. The topological polar surface area (TPSA) is 20.2 Å². The smallest absolute Gasteiger partial charge is 0.122 e. The number of rotatable bonds is 3. The molecule has 0 heterocycles. The average Bonchev–Trinajstić information content (AvgIpc) is 2.35. The minimum absolute atomic E-state index is 0.333. The molecule has 0 aliphatic carbocycles. The summed E-state index contributed by atoms with van der Waals surface area (Å²) in [6.45, 7) is 2.02. The molecular weight excluding hydrogens is 208 g/mol. The number of phenolic OH excluding ortho intramolecular Hbond substituents is 1. The highest BCUT2D eigenvalue weighted by Gasteiger charge is 1.96. The van der Waals surface area contributed by atoms with Gasteiger partial charge < -0.3 is 5.11 Å². The van der Waals surface area contributed by atoms with Crippen LogP contribution in [0.15, 0.2) is 54.6 Å². The van der Waals surface area contributed by atoms with Crippen LogP contribution in [-0.4, -0.2) is 5.11 Å². The summed E-state index contributed by atoms with van der Waals surface area (Å²) < 4.78 is 0. The van der Waals surface area contributed by atoms with Gasteiger partial charge in [0.25, 0.3) is 0 Å². The van der Waals surface area contributed by atoms with E-state index in [1.807, 2.05) is 43.3 Å². The van der Waals surface area contributed by atoms with Crippen LogP contribution in [-0.2, 0) is 6.42 Å². The number of aromatic hydroxyl groups is 1. The van der Waals surface area contributed by atoms with E-state index in [1.54, 1.807) is 6.07 Å². The molecule has 0 spiro atoms. The summed E-state index contributed by atoms with van der Waals surface area (Å²) in [6, 6.07) is 15.9. The molecule has 0 unspecified atom stereocenters. The molecule has 0 fully saturated rings. The van der Waals surface area contributed by atoms with Gasteiger partial charge in [0.05, 0.1) is 0 Å². The third-order valence-electron chi connectivity index (χ3n) is 2.68. The lowest BCUT2D eigenvalue weighted by atomic mass is 10.1. The summed E-state index contributed by atoms with van der Waals surface area (Å²) in [5.41, 5.74) is 3.30. The molecule has 1 heteroatoms. The molecule has 0 radical (unpaired) electrons. The molecule has 0 aromatic heterocycles. The first-order valence-corrected chi connectivity index (χ1v) is 5.76. The van der Waals surface area contributed by atoms with Crippen LogP contribution >= 0.6 is 0 Å². The molecule has 0 bridgehead atoms. The van der Waals surface area contributed by atoms with Gasteiger partial charge in [0.15, 0.2) is 0 Å². The van der Waals surface area contributed by atoms with E-state index in [4.69, 9.17) is 0 Å². The number of allylic oxidation sites excluding steroid dienone is 1. The van der Waals surface area contributed by atoms with Crippen molar-refractivity contribution in [1.29, 1.82) is 0 Å². The van der Waals surface area contributed by atoms with E-state index in [-0.39, 0.29) is 0 Å². The van der Waals surface area contributed by atoms with Crippen molar-refractivity contribution in [3.05, 3.63) is 71.3 Å². The Hall–Kier alpha value is -2.02. The molecule has 1 nitrogen and oxygen atoms in total. The molecule has 0 aliphatic rings. The van der Waals surface area contributed by atoms with E-state index < -0.39 is 0 Å². The molecule has 0 aliphatic heterocycles. The Morgan fingerprint density at radius 2 is 1.82 bits per heavy atom. The number of hydrogen-bond donors (Lipinski definition) is 1. The highest BCUT2D eigenvalue weighted by atomic mass is 16.3. The van der Waals surface area contributed by atoms with E-state index in [0.717, 1.165) is 17.5 Å². The van der Waals surface area contributed by atoms with Gasteiger partial charge in [-0.1, -0.05) is 54.1 Å². The van der Waals surface area contributed by atoms with E-state index in [2.05, 4.69) is 18.2 Å². The van der Waals surface area contributed by atoms with Gasteiger partial charge >= 0.3 is 0 Å². The lowest BCUT2D eigenvalue weighted by Crippen LogP contribution is -1.80. The SMILES string of the molecule is Cc1ccc(O)c(C=CCc2ccccc2)c1. The molecule has 2 aromatic rings. The van der Waals surface area contributed by atoms with Crippen LogP contribution in [0.25, 0.3) is 6.08 Å². The van der Waals surface area contributed by atoms with Gasteiger partial charge in [0.1, 0.15) is 5.75 Å². The molecule has 2 rings (SSSR count). The Bertz CT molecular complexity index is 512. The van der Waals surface area contributed by atoms with E-state index in [1.165, 1.54) is 5.56 Å². The maximum Gasteiger partial charge on any atom is 0.122 e. The first-order valence-electron chi connectivity index (χ1n) is 5.76. The Labute approximate surface area is 102 Å². The van der Waals surface area contributed by atoms with Crippen molar-refractivity contribution in [1.82, 2.24) is 0 Å². The monoisotopic (exact) mass is 224 g/mol. The molecule has 1 N–H and O–H groups in total. The zero-order chi connectivity index (χ0) is 12.1. The van der Waals surface area contributed by atoms with Gasteiger partial charge in [-0.2, -0.15) is 0 Å². The first-order chi connectivity index (χ1) is 8.25. The quantitative estimate of drug-likeness (QED) is 0.836. The molecular formula is C16H16O. The van der Waals surface area contributed by atoms with Crippen LogP contribution in [0.1, 0.15) is 16.7 Å². The molecule has 0 saturated carbocycles. The molecule has 0 amide bonds. The lowest BCUT2D eigenvalue weighted by Gasteiger charge is -2.00. The van der Waals surface area contributed by atoms with Crippen molar-refractivity contribution < 1.29 is 5.11 Å². The highest BCUT2D eigenvalue weighted by molar-refractivity contribution is 5.58. The van der Waals surface area contributed by atoms with Crippen LogP contribution in [0.4, 0.5) is 0 Å². The Morgan fingerprint density at radius 3 is 2.59 bits per heavy atom. The van der Waals surface area contributed by atoms with Gasteiger partial charge in [0, 0.05) is 5.56 Å². The minimum Gasteiger partial charge on any atom is -0.507 e. The van der Waals surface area contributed by atoms with E-state index >= 15 is 0 Å². The number of phenols is 1. The van der Waals surface area contributed by atoms with Crippen molar-refractivity contribution in [2.75, 3.05) is 0 Å². The van der Waals surface area contributed by atoms with Crippen LogP contribution in [0.5, 0.6) is 5.75 Å². The molecule has 86 valence electrons. The molecule has 17 heavy (non-hydrogen) atoms. The summed E-state index contributed by atoms with van der Waals surface area (Å²) >= 11 is 0. The van der Waals surface area contributed by atoms with Crippen molar-refractivity contribution in [3.63, 3.8) is 0 Å². The van der Waals surface area contributed by atoms with Crippen molar-refractivity contribution in [2.45, 2.75) is 13.3 Å². The summed E-state index contributed by atoms with van der Waals surface area (Å²) in [5, 5.41) is 9.68. The van der Waals surface area contributed by atoms with Crippen molar-refractivity contribution in [2.24, 2.45) is 0 Å². The molecule has 2 aromatic carbocycles. The molecule has 0 saturated heterocycles. The predicted molar refractivity (Wildman–Crippen MR) is 72.0 cm³/mol. The zero-order valence-electron chi connectivity index (χ0n) is 9.93. The van der Waals surface area contributed by atoms with Gasteiger partial charge in [-0.25, -0.2) is 0 Å². The second-order valence-corrected chi connectivity index (χ2v) is 4.15. The fourth-order valence-corrected chi connectivity index (χ4v) is 1.74. The van der Waals surface area contributed by atoms with Gasteiger partial charge in [-0.3, -0.25) is 0 Å². The van der Waals surface area contributed by atoms with Crippen LogP contribution in [0, 0.1) is 6.92 Å². The third-order valence-corrected chi connectivity index (χ3v) is 2.68. The minimum atomic E-state index is 0.333. The highest BCUT2D eigenvalue weighted by Crippen LogP contribution is 2.19. The van der Waals surface area contributed by atoms with Crippen LogP contribution in [0.2, 0.25) is 0 Å². The Balaban J connectivity index is 2.08. The first kappa shape index (κ1) is 11.5.